The van der Waals surface area contributed by atoms with Gasteiger partial charge in [-0.2, -0.15) is 0 Å². The minimum absolute atomic E-state index is 0.132. The molecule has 2 aliphatic rings. The highest BCUT2D eigenvalue weighted by molar-refractivity contribution is 7.14. The molecule has 1 amide bonds. The maximum atomic E-state index is 12.2. The average molecular weight is 329 g/mol. The first-order chi connectivity index (χ1) is 11.3. The Balaban J connectivity index is 1.47. The van der Waals surface area contributed by atoms with E-state index in [0.717, 1.165) is 24.2 Å². The van der Waals surface area contributed by atoms with Crippen LogP contribution in [0.4, 0.5) is 5.13 Å². The van der Waals surface area contributed by atoms with Gasteiger partial charge in [-0.05, 0) is 36.5 Å². The van der Waals surface area contributed by atoms with Crippen LogP contribution in [0.3, 0.4) is 0 Å². The van der Waals surface area contributed by atoms with E-state index in [0.29, 0.717) is 18.3 Å². The molecule has 1 aromatic carbocycles. The van der Waals surface area contributed by atoms with E-state index < -0.39 is 6.10 Å². The summed E-state index contributed by atoms with van der Waals surface area (Å²) in [6, 6.07) is 6.56. The first-order valence-electron chi connectivity index (χ1n) is 8.00. The van der Waals surface area contributed by atoms with Crippen molar-refractivity contribution in [1.82, 2.24) is 10.3 Å². The van der Waals surface area contributed by atoms with Crippen LogP contribution in [0.25, 0.3) is 11.3 Å². The Morgan fingerprint density at radius 3 is 3.13 bits per heavy atom. The van der Waals surface area contributed by atoms with Gasteiger partial charge in [-0.3, -0.25) is 10.1 Å². The largest absolute Gasteiger partial charge is 0.366 e. The molecule has 120 valence electrons. The number of fused-ring (bicyclic) bond motifs is 1. The molecule has 1 aromatic heterocycles. The van der Waals surface area contributed by atoms with Crippen molar-refractivity contribution in [3.05, 3.63) is 34.7 Å². The molecule has 0 spiro atoms. The van der Waals surface area contributed by atoms with Gasteiger partial charge in [-0.25, -0.2) is 4.98 Å². The molecule has 0 bridgehead atoms. The number of nitrogens with one attached hydrogen (secondary N) is 2. The van der Waals surface area contributed by atoms with E-state index in [1.54, 1.807) is 0 Å². The van der Waals surface area contributed by atoms with Crippen LogP contribution in [-0.4, -0.2) is 36.7 Å². The predicted molar refractivity (Wildman–Crippen MR) is 90.8 cm³/mol. The SMILES string of the molecule is O=C(Nc1nc(-c2ccc3c(c2)CCC3)cs1)[C@H]1CNCCO1. The smallest absolute Gasteiger partial charge is 0.256 e. The van der Waals surface area contributed by atoms with E-state index in [2.05, 4.69) is 33.8 Å². The summed E-state index contributed by atoms with van der Waals surface area (Å²) in [5.74, 6) is -0.132. The topological polar surface area (TPSA) is 63.2 Å². The first kappa shape index (κ1) is 14.8. The zero-order chi connectivity index (χ0) is 15.6. The van der Waals surface area contributed by atoms with Crippen molar-refractivity contribution < 1.29 is 9.53 Å². The van der Waals surface area contributed by atoms with Crippen molar-refractivity contribution in [3.8, 4) is 11.3 Å². The molecule has 2 N–H and O–H groups in total. The number of aromatic nitrogens is 1. The van der Waals surface area contributed by atoms with E-state index in [1.807, 2.05) is 5.38 Å². The summed E-state index contributed by atoms with van der Waals surface area (Å²) >= 11 is 1.45. The second-order valence-corrected chi connectivity index (χ2v) is 6.79. The zero-order valence-electron chi connectivity index (χ0n) is 12.8. The van der Waals surface area contributed by atoms with Crippen molar-refractivity contribution in [2.75, 3.05) is 25.0 Å². The lowest BCUT2D eigenvalue weighted by molar-refractivity contribution is -0.128. The fourth-order valence-corrected chi connectivity index (χ4v) is 3.84. The zero-order valence-corrected chi connectivity index (χ0v) is 13.6. The molecule has 6 heteroatoms. The molecule has 1 atom stereocenters. The average Bonchev–Trinajstić information content (AvgIpc) is 3.23. The molecule has 2 heterocycles. The molecule has 0 radical (unpaired) electrons. The van der Waals surface area contributed by atoms with Gasteiger partial charge < -0.3 is 10.1 Å². The molecule has 1 aliphatic heterocycles. The number of benzene rings is 1. The number of nitrogens with zero attached hydrogens (tertiary/aromatic N) is 1. The highest BCUT2D eigenvalue weighted by Crippen LogP contribution is 2.30. The number of anilines is 1. The highest BCUT2D eigenvalue weighted by atomic mass is 32.1. The Labute approximate surface area is 139 Å². The molecule has 0 unspecified atom stereocenters. The summed E-state index contributed by atoms with van der Waals surface area (Å²) < 4.78 is 5.46. The maximum absolute atomic E-state index is 12.2. The van der Waals surface area contributed by atoms with Crippen LogP contribution < -0.4 is 10.6 Å². The number of carbonyl (C=O) groups is 1. The number of morpholine rings is 1. The van der Waals surface area contributed by atoms with Gasteiger partial charge in [0, 0.05) is 24.0 Å². The molecule has 5 nitrogen and oxygen atoms in total. The summed E-state index contributed by atoms with van der Waals surface area (Å²) in [5, 5.41) is 8.63. The number of thiazole rings is 1. The van der Waals surface area contributed by atoms with E-state index in [1.165, 1.54) is 35.3 Å². The monoisotopic (exact) mass is 329 g/mol. The number of rotatable bonds is 3. The molecular weight excluding hydrogens is 310 g/mol. The molecule has 2 aromatic rings. The summed E-state index contributed by atoms with van der Waals surface area (Å²) in [5.41, 5.74) is 4.93. The van der Waals surface area contributed by atoms with Gasteiger partial charge in [0.2, 0.25) is 0 Å². The van der Waals surface area contributed by atoms with E-state index in [4.69, 9.17) is 4.74 Å². The number of carbonyl (C=O) groups excluding carboxylic acids is 1. The number of hydrogen-bond acceptors (Lipinski definition) is 5. The highest BCUT2D eigenvalue weighted by Gasteiger charge is 2.22. The van der Waals surface area contributed by atoms with Crippen LogP contribution in [0.15, 0.2) is 23.6 Å². The summed E-state index contributed by atoms with van der Waals surface area (Å²) in [6.45, 7) is 1.91. The fourth-order valence-electron chi connectivity index (χ4n) is 3.11. The third-order valence-electron chi connectivity index (χ3n) is 4.35. The second-order valence-electron chi connectivity index (χ2n) is 5.93. The Morgan fingerprint density at radius 2 is 2.26 bits per heavy atom. The van der Waals surface area contributed by atoms with Gasteiger partial charge in [0.25, 0.3) is 5.91 Å². The maximum Gasteiger partial charge on any atom is 0.256 e. The fraction of sp³-hybridized carbons (Fsp3) is 0.412. The molecule has 1 saturated heterocycles. The molecule has 23 heavy (non-hydrogen) atoms. The van der Waals surface area contributed by atoms with Gasteiger partial charge in [-0.1, -0.05) is 12.1 Å². The third kappa shape index (κ3) is 3.15. The number of ether oxygens (including phenoxy) is 1. The lowest BCUT2D eigenvalue weighted by Gasteiger charge is -2.22. The van der Waals surface area contributed by atoms with Crippen LogP contribution in [0, 0.1) is 0 Å². The Kier molecular flexibility index (Phi) is 4.11. The van der Waals surface area contributed by atoms with Crippen molar-refractivity contribution in [2.45, 2.75) is 25.4 Å². The van der Waals surface area contributed by atoms with Crippen LogP contribution in [0.5, 0.6) is 0 Å². The van der Waals surface area contributed by atoms with Crippen LogP contribution >= 0.6 is 11.3 Å². The summed E-state index contributed by atoms with van der Waals surface area (Å²) in [6.07, 6.45) is 3.15. The van der Waals surface area contributed by atoms with Crippen molar-refractivity contribution >= 4 is 22.4 Å². The number of hydrogen-bond donors (Lipinski definition) is 2. The molecule has 1 fully saturated rings. The Bertz CT molecular complexity index is 722. The summed E-state index contributed by atoms with van der Waals surface area (Å²) in [4.78, 5) is 16.7. The Morgan fingerprint density at radius 1 is 1.35 bits per heavy atom. The third-order valence-corrected chi connectivity index (χ3v) is 5.11. The van der Waals surface area contributed by atoms with Crippen LogP contribution in [-0.2, 0) is 22.4 Å². The number of aryl methyl sites for hydroxylation is 2. The van der Waals surface area contributed by atoms with Gasteiger partial charge >= 0.3 is 0 Å². The van der Waals surface area contributed by atoms with Crippen molar-refractivity contribution in [2.24, 2.45) is 0 Å². The molecular formula is C17H19N3O2S. The first-order valence-corrected chi connectivity index (χ1v) is 8.88. The predicted octanol–water partition coefficient (Wildman–Crippen LogP) is 2.23. The van der Waals surface area contributed by atoms with E-state index >= 15 is 0 Å². The van der Waals surface area contributed by atoms with Crippen molar-refractivity contribution in [3.63, 3.8) is 0 Å². The van der Waals surface area contributed by atoms with Gasteiger partial charge in [0.05, 0.1) is 12.3 Å². The minimum atomic E-state index is -0.434. The van der Waals surface area contributed by atoms with Crippen LogP contribution in [0.2, 0.25) is 0 Å². The normalized spacial score (nSPS) is 20.3. The lowest BCUT2D eigenvalue weighted by Crippen LogP contribution is -2.45. The quantitative estimate of drug-likeness (QED) is 0.906. The van der Waals surface area contributed by atoms with Crippen LogP contribution in [0.1, 0.15) is 17.5 Å². The standard InChI is InChI=1S/C17H19N3O2S/c21-16(15-9-18-6-7-22-15)20-17-19-14(10-23-17)13-5-4-11-2-1-3-12(11)8-13/h4-5,8,10,15,18H,1-3,6-7,9H2,(H,19,20,21)/t15-/m1/s1. The minimum Gasteiger partial charge on any atom is -0.366 e. The molecule has 4 rings (SSSR count). The number of amides is 1. The van der Waals surface area contributed by atoms with E-state index in [9.17, 15) is 4.79 Å². The van der Waals surface area contributed by atoms with Gasteiger partial charge in [0.15, 0.2) is 5.13 Å². The molecule has 1 aliphatic carbocycles. The van der Waals surface area contributed by atoms with Gasteiger partial charge in [-0.15, -0.1) is 11.3 Å². The lowest BCUT2D eigenvalue weighted by atomic mass is 10.1. The Hall–Kier alpha value is -1.76. The van der Waals surface area contributed by atoms with E-state index in [-0.39, 0.29) is 5.91 Å². The second kappa shape index (κ2) is 6.39. The van der Waals surface area contributed by atoms with Gasteiger partial charge in [0.1, 0.15) is 6.10 Å². The summed E-state index contributed by atoms with van der Waals surface area (Å²) in [7, 11) is 0. The van der Waals surface area contributed by atoms with Crippen molar-refractivity contribution in [1.29, 1.82) is 0 Å². The molecule has 0 saturated carbocycles.